The van der Waals surface area contributed by atoms with Gasteiger partial charge in [0, 0.05) is 25.4 Å². The summed E-state index contributed by atoms with van der Waals surface area (Å²) in [4.78, 5) is 29.1. The second-order valence-corrected chi connectivity index (χ2v) is 8.33. The van der Waals surface area contributed by atoms with Crippen molar-refractivity contribution in [3.63, 3.8) is 0 Å². The molecule has 2 aromatic carbocycles. The van der Waals surface area contributed by atoms with Gasteiger partial charge in [0.1, 0.15) is 6.04 Å². The van der Waals surface area contributed by atoms with E-state index in [2.05, 4.69) is 16.3 Å². The topological polar surface area (TPSA) is 71.1 Å². The molecule has 3 aliphatic rings. The number of benzene rings is 2. The molecule has 0 saturated carbocycles. The van der Waals surface area contributed by atoms with Gasteiger partial charge in [-0.15, -0.1) is 0 Å². The Labute approximate surface area is 181 Å². The molecule has 3 heterocycles. The predicted molar refractivity (Wildman–Crippen MR) is 115 cm³/mol. The van der Waals surface area contributed by atoms with E-state index in [1.807, 2.05) is 42.5 Å². The zero-order valence-electron chi connectivity index (χ0n) is 17.5. The predicted octanol–water partition coefficient (Wildman–Crippen LogP) is 3.11. The van der Waals surface area contributed by atoms with Crippen LogP contribution in [0.4, 0.5) is 4.79 Å². The Hall–Kier alpha value is -3.06. The second-order valence-electron chi connectivity index (χ2n) is 8.33. The molecule has 2 fully saturated rings. The van der Waals surface area contributed by atoms with Crippen LogP contribution in [0, 0.1) is 0 Å². The van der Waals surface area contributed by atoms with E-state index < -0.39 is 6.04 Å². The van der Waals surface area contributed by atoms with Crippen LogP contribution in [0.3, 0.4) is 0 Å². The van der Waals surface area contributed by atoms with Gasteiger partial charge in [0.25, 0.3) is 5.91 Å². The number of hydrogen-bond acceptors (Lipinski definition) is 5. The lowest BCUT2D eigenvalue weighted by atomic mass is 10.0. The lowest BCUT2D eigenvalue weighted by molar-refractivity contribution is -0.129. The molecule has 7 nitrogen and oxygen atoms in total. The second kappa shape index (κ2) is 8.59. The summed E-state index contributed by atoms with van der Waals surface area (Å²) in [6, 6.07) is 15.2. The van der Waals surface area contributed by atoms with Crippen LogP contribution in [0.2, 0.25) is 0 Å². The van der Waals surface area contributed by atoms with E-state index in [0.717, 1.165) is 48.4 Å². The van der Waals surface area contributed by atoms with Gasteiger partial charge in [-0.3, -0.25) is 9.69 Å². The highest BCUT2D eigenvalue weighted by Crippen LogP contribution is 2.38. The largest absolute Gasteiger partial charge is 0.490 e. The number of ether oxygens (including phenoxy) is 2. The molecule has 0 bridgehead atoms. The fourth-order valence-electron chi connectivity index (χ4n) is 4.64. The van der Waals surface area contributed by atoms with Crippen LogP contribution in [0.25, 0.3) is 0 Å². The summed E-state index contributed by atoms with van der Waals surface area (Å²) in [5, 5.41) is 2.85. The molecule has 0 radical (unpaired) electrons. The molecule has 2 atom stereocenters. The van der Waals surface area contributed by atoms with Gasteiger partial charge in [0.2, 0.25) is 0 Å². The number of amides is 3. The number of urea groups is 1. The van der Waals surface area contributed by atoms with Crippen molar-refractivity contribution in [1.82, 2.24) is 15.1 Å². The first-order valence-corrected chi connectivity index (χ1v) is 11.0. The maximum absolute atomic E-state index is 13.0. The van der Waals surface area contributed by atoms with Crippen molar-refractivity contribution >= 4 is 11.9 Å². The fraction of sp³-hybridized carbons (Fsp3) is 0.417. The Morgan fingerprint density at radius 1 is 0.968 bits per heavy atom. The zero-order chi connectivity index (χ0) is 21.2. The third-order valence-corrected chi connectivity index (χ3v) is 6.23. The van der Waals surface area contributed by atoms with Crippen LogP contribution in [-0.2, 0) is 11.2 Å². The van der Waals surface area contributed by atoms with Crippen LogP contribution in [0.1, 0.15) is 36.4 Å². The molecule has 31 heavy (non-hydrogen) atoms. The minimum absolute atomic E-state index is 0.144. The molecule has 2 unspecified atom stereocenters. The fourth-order valence-corrected chi connectivity index (χ4v) is 4.64. The number of carbonyl (C=O) groups excluding carboxylic acids is 2. The summed E-state index contributed by atoms with van der Waals surface area (Å²) in [6.07, 6.45) is 3.39. The van der Waals surface area contributed by atoms with E-state index in [1.165, 1.54) is 4.90 Å². The summed E-state index contributed by atoms with van der Waals surface area (Å²) in [5.41, 5.74) is 2.17. The molecule has 162 valence electrons. The standard InChI is InChI=1S/C24H27N3O4/c28-23-19(14-17-6-2-1-3-7-17)25-24(29)27(23)16-26-11-4-8-20(26)18-9-10-21-22(15-18)31-13-5-12-30-21/h1-3,6-7,9-10,15,19-20H,4-5,8,11-14,16H2,(H,25,29). The first-order chi connectivity index (χ1) is 15.2. The molecule has 0 spiro atoms. The Balaban J connectivity index is 1.29. The van der Waals surface area contributed by atoms with Crippen molar-refractivity contribution in [2.45, 2.75) is 37.8 Å². The van der Waals surface area contributed by atoms with Gasteiger partial charge < -0.3 is 14.8 Å². The number of carbonyl (C=O) groups is 2. The Morgan fingerprint density at radius 2 is 1.77 bits per heavy atom. The van der Waals surface area contributed by atoms with Crippen LogP contribution in [-0.4, -0.2) is 54.2 Å². The smallest absolute Gasteiger partial charge is 0.325 e. The molecule has 1 N–H and O–H groups in total. The quantitative estimate of drug-likeness (QED) is 0.752. The van der Waals surface area contributed by atoms with E-state index in [1.54, 1.807) is 0 Å². The van der Waals surface area contributed by atoms with Crippen molar-refractivity contribution < 1.29 is 19.1 Å². The van der Waals surface area contributed by atoms with Crippen LogP contribution in [0.15, 0.2) is 48.5 Å². The van der Waals surface area contributed by atoms with Gasteiger partial charge >= 0.3 is 6.03 Å². The highest BCUT2D eigenvalue weighted by Gasteiger charge is 2.40. The summed E-state index contributed by atoms with van der Waals surface area (Å²) in [5.74, 6) is 1.40. The Kier molecular flexibility index (Phi) is 5.51. The third-order valence-electron chi connectivity index (χ3n) is 6.23. The van der Waals surface area contributed by atoms with Crippen molar-refractivity contribution in [2.75, 3.05) is 26.4 Å². The highest BCUT2D eigenvalue weighted by molar-refractivity contribution is 6.04. The average Bonchev–Trinajstić information content (AvgIpc) is 3.25. The van der Waals surface area contributed by atoms with Crippen molar-refractivity contribution in [2.24, 2.45) is 0 Å². The van der Waals surface area contributed by atoms with E-state index in [-0.39, 0.29) is 18.0 Å². The van der Waals surface area contributed by atoms with Gasteiger partial charge in [-0.25, -0.2) is 9.69 Å². The molecule has 5 rings (SSSR count). The number of rotatable bonds is 5. The number of fused-ring (bicyclic) bond motifs is 1. The molecule has 7 heteroatoms. The third kappa shape index (κ3) is 4.10. The maximum Gasteiger partial charge on any atom is 0.325 e. The summed E-state index contributed by atoms with van der Waals surface area (Å²) in [6.45, 7) is 2.46. The number of likely N-dealkylation sites (tertiary alicyclic amines) is 1. The van der Waals surface area contributed by atoms with Crippen molar-refractivity contribution in [1.29, 1.82) is 0 Å². The highest BCUT2D eigenvalue weighted by atomic mass is 16.5. The van der Waals surface area contributed by atoms with Crippen LogP contribution >= 0.6 is 0 Å². The molecule has 3 amide bonds. The van der Waals surface area contributed by atoms with Crippen LogP contribution in [0.5, 0.6) is 11.5 Å². The van der Waals surface area contributed by atoms with Gasteiger partial charge in [-0.05, 0) is 36.1 Å². The monoisotopic (exact) mass is 421 g/mol. The number of imide groups is 1. The van der Waals surface area contributed by atoms with E-state index in [0.29, 0.717) is 26.3 Å². The molecule has 0 aromatic heterocycles. The molecule has 2 saturated heterocycles. The molecular formula is C24H27N3O4. The van der Waals surface area contributed by atoms with E-state index in [9.17, 15) is 9.59 Å². The number of hydrogen-bond donors (Lipinski definition) is 1. The summed E-state index contributed by atoms with van der Waals surface area (Å²) >= 11 is 0. The summed E-state index contributed by atoms with van der Waals surface area (Å²) < 4.78 is 11.6. The SMILES string of the molecule is O=C1NC(Cc2ccccc2)C(=O)N1CN1CCCC1c1ccc2c(c1)OCCCO2. The van der Waals surface area contributed by atoms with Gasteiger partial charge in [-0.2, -0.15) is 0 Å². The van der Waals surface area contributed by atoms with E-state index >= 15 is 0 Å². The minimum Gasteiger partial charge on any atom is -0.490 e. The van der Waals surface area contributed by atoms with Crippen LogP contribution < -0.4 is 14.8 Å². The Bertz CT molecular complexity index is 965. The lowest BCUT2D eigenvalue weighted by Gasteiger charge is -2.28. The Morgan fingerprint density at radius 3 is 2.61 bits per heavy atom. The van der Waals surface area contributed by atoms with E-state index in [4.69, 9.17) is 9.47 Å². The van der Waals surface area contributed by atoms with Crippen molar-refractivity contribution in [3.05, 3.63) is 59.7 Å². The normalized spacial score (nSPS) is 23.7. The van der Waals surface area contributed by atoms with Gasteiger partial charge in [0.05, 0.1) is 19.9 Å². The maximum atomic E-state index is 13.0. The van der Waals surface area contributed by atoms with Gasteiger partial charge in [-0.1, -0.05) is 36.4 Å². The number of nitrogens with one attached hydrogen (secondary N) is 1. The van der Waals surface area contributed by atoms with Gasteiger partial charge in [0.15, 0.2) is 11.5 Å². The zero-order valence-corrected chi connectivity index (χ0v) is 17.5. The first-order valence-electron chi connectivity index (χ1n) is 11.0. The number of nitrogens with zero attached hydrogens (tertiary/aromatic N) is 2. The average molecular weight is 421 g/mol. The summed E-state index contributed by atoms with van der Waals surface area (Å²) in [7, 11) is 0. The molecule has 2 aromatic rings. The molecule has 0 aliphatic carbocycles. The molecular weight excluding hydrogens is 394 g/mol. The minimum atomic E-state index is -0.506. The molecule has 3 aliphatic heterocycles. The van der Waals surface area contributed by atoms with Crippen molar-refractivity contribution in [3.8, 4) is 11.5 Å². The first kappa shape index (κ1) is 19.9. The lowest BCUT2D eigenvalue weighted by Crippen LogP contribution is -2.41.